The van der Waals surface area contributed by atoms with Crippen molar-refractivity contribution in [1.82, 2.24) is 29.1 Å². The minimum atomic E-state index is -4.54. The number of alkyl halides is 3. The Hall–Kier alpha value is -3.21. The molecule has 1 aromatic carbocycles. The Bertz CT molecular complexity index is 1190. The van der Waals surface area contributed by atoms with Gasteiger partial charge in [0.25, 0.3) is 0 Å². The number of imidazole rings is 2. The standard InChI is InChI=1S/C19H18F3N7O/c20-19(21,22)18-26-13-3-1-2-4-14(13)29(18)6-5-28-12-25-15-16(23-11-24-17(15)28)27-7-9-30-10-8-27/h1-4,11-12H,5-10H2. The van der Waals surface area contributed by atoms with Crippen LogP contribution < -0.4 is 4.90 Å². The molecule has 0 amide bonds. The van der Waals surface area contributed by atoms with Gasteiger partial charge in [-0.25, -0.2) is 19.9 Å². The van der Waals surface area contributed by atoms with Crippen molar-refractivity contribution in [3.05, 3.63) is 42.7 Å². The van der Waals surface area contributed by atoms with Gasteiger partial charge in [-0.1, -0.05) is 12.1 Å². The highest BCUT2D eigenvalue weighted by Crippen LogP contribution is 2.31. The zero-order valence-corrected chi connectivity index (χ0v) is 15.9. The zero-order valence-electron chi connectivity index (χ0n) is 15.9. The lowest BCUT2D eigenvalue weighted by Gasteiger charge is -2.27. The van der Waals surface area contributed by atoms with E-state index in [1.165, 1.54) is 10.9 Å². The second-order valence-electron chi connectivity index (χ2n) is 6.98. The number of benzene rings is 1. The number of halogens is 3. The molecule has 3 aromatic heterocycles. The first-order valence-electron chi connectivity index (χ1n) is 9.53. The largest absolute Gasteiger partial charge is 0.449 e. The van der Waals surface area contributed by atoms with Crippen molar-refractivity contribution in [3.63, 3.8) is 0 Å². The van der Waals surface area contributed by atoms with Crippen molar-refractivity contribution in [2.24, 2.45) is 0 Å². The van der Waals surface area contributed by atoms with Gasteiger partial charge < -0.3 is 18.8 Å². The highest BCUT2D eigenvalue weighted by Gasteiger charge is 2.37. The number of aryl methyl sites for hydroxylation is 2. The third kappa shape index (κ3) is 3.24. The predicted molar refractivity (Wildman–Crippen MR) is 103 cm³/mol. The van der Waals surface area contributed by atoms with Crippen LogP contribution in [-0.2, 0) is 24.0 Å². The van der Waals surface area contributed by atoms with E-state index in [4.69, 9.17) is 4.74 Å². The molecule has 1 saturated heterocycles. The average molecular weight is 417 g/mol. The molecule has 156 valence electrons. The van der Waals surface area contributed by atoms with Crippen molar-refractivity contribution >= 4 is 28.0 Å². The summed E-state index contributed by atoms with van der Waals surface area (Å²) in [6.45, 7) is 2.97. The monoisotopic (exact) mass is 417 g/mol. The number of hydrogen-bond donors (Lipinski definition) is 0. The molecule has 4 aromatic rings. The molecule has 0 radical (unpaired) electrons. The number of nitrogens with zero attached hydrogens (tertiary/aromatic N) is 7. The third-order valence-electron chi connectivity index (χ3n) is 5.17. The van der Waals surface area contributed by atoms with Gasteiger partial charge in [-0.15, -0.1) is 0 Å². The van der Waals surface area contributed by atoms with Crippen LogP contribution in [0.2, 0.25) is 0 Å². The van der Waals surface area contributed by atoms with Crippen LogP contribution in [0.5, 0.6) is 0 Å². The van der Waals surface area contributed by atoms with Gasteiger partial charge >= 0.3 is 6.18 Å². The first kappa shape index (κ1) is 18.8. The Labute approximate surface area is 168 Å². The molecular weight excluding hydrogens is 399 g/mol. The van der Waals surface area contributed by atoms with Gasteiger partial charge in [-0.3, -0.25) is 0 Å². The molecule has 11 heteroatoms. The van der Waals surface area contributed by atoms with Crippen molar-refractivity contribution < 1.29 is 17.9 Å². The Morgan fingerprint density at radius 2 is 1.80 bits per heavy atom. The quantitative estimate of drug-likeness (QED) is 0.508. The summed E-state index contributed by atoms with van der Waals surface area (Å²) in [5.74, 6) is -0.192. The topological polar surface area (TPSA) is 73.9 Å². The lowest BCUT2D eigenvalue weighted by atomic mass is 10.3. The van der Waals surface area contributed by atoms with Crippen molar-refractivity contribution in [1.29, 1.82) is 0 Å². The van der Waals surface area contributed by atoms with E-state index in [-0.39, 0.29) is 13.1 Å². The van der Waals surface area contributed by atoms with Gasteiger partial charge in [0.2, 0.25) is 5.82 Å². The molecule has 8 nitrogen and oxygen atoms in total. The third-order valence-corrected chi connectivity index (χ3v) is 5.17. The molecule has 0 N–H and O–H groups in total. The fourth-order valence-corrected chi connectivity index (χ4v) is 3.76. The van der Waals surface area contributed by atoms with E-state index in [0.717, 1.165) is 0 Å². The maximum atomic E-state index is 13.5. The predicted octanol–water partition coefficient (Wildman–Crippen LogP) is 2.73. The molecule has 0 saturated carbocycles. The van der Waals surface area contributed by atoms with Crippen LogP contribution in [0.3, 0.4) is 0 Å². The van der Waals surface area contributed by atoms with Gasteiger partial charge in [0.1, 0.15) is 6.33 Å². The van der Waals surface area contributed by atoms with E-state index in [1.54, 1.807) is 35.2 Å². The molecule has 1 fully saturated rings. The number of morpholine rings is 1. The van der Waals surface area contributed by atoms with Crippen molar-refractivity contribution in [2.75, 3.05) is 31.2 Å². The second kappa shape index (κ2) is 7.24. The lowest BCUT2D eigenvalue weighted by molar-refractivity contribution is -0.147. The summed E-state index contributed by atoms with van der Waals surface area (Å²) < 4.78 is 48.9. The van der Waals surface area contributed by atoms with Crippen LogP contribution in [-0.4, -0.2) is 55.4 Å². The van der Waals surface area contributed by atoms with E-state index in [0.29, 0.717) is 54.3 Å². The Kier molecular flexibility index (Phi) is 4.54. The molecule has 0 unspecified atom stereocenters. The number of fused-ring (bicyclic) bond motifs is 2. The number of para-hydroxylation sites is 2. The SMILES string of the molecule is FC(F)(F)c1nc2ccccc2n1CCn1cnc2c(N3CCOCC3)ncnc21. The molecule has 0 atom stereocenters. The number of hydrogen-bond acceptors (Lipinski definition) is 6. The fourth-order valence-electron chi connectivity index (χ4n) is 3.76. The van der Waals surface area contributed by atoms with Crippen LogP contribution in [0.15, 0.2) is 36.9 Å². The molecule has 5 rings (SSSR count). The van der Waals surface area contributed by atoms with Crippen LogP contribution in [0.25, 0.3) is 22.2 Å². The minimum Gasteiger partial charge on any atom is -0.378 e. The van der Waals surface area contributed by atoms with E-state index in [2.05, 4.69) is 24.8 Å². The minimum absolute atomic E-state index is 0.0811. The molecule has 30 heavy (non-hydrogen) atoms. The van der Waals surface area contributed by atoms with Gasteiger partial charge in [-0.2, -0.15) is 13.2 Å². The summed E-state index contributed by atoms with van der Waals surface area (Å²) in [6, 6.07) is 6.60. The molecule has 4 heterocycles. The van der Waals surface area contributed by atoms with Crippen molar-refractivity contribution in [3.8, 4) is 0 Å². The Morgan fingerprint density at radius 3 is 2.60 bits per heavy atom. The normalized spacial score (nSPS) is 15.4. The van der Waals surface area contributed by atoms with Crippen LogP contribution in [0.4, 0.5) is 19.0 Å². The number of ether oxygens (including phenoxy) is 1. The zero-order chi connectivity index (χ0) is 20.7. The highest BCUT2D eigenvalue weighted by atomic mass is 19.4. The Morgan fingerprint density at radius 1 is 1.00 bits per heavy atom. The first-order chi connectivity index (χ1) is 14.5. The molecule has 1 aliphatic rings. The van der Waals surface area contributed by atoms with E-state index in [9.17, 15) is 13.2 Å². The maximum absolute atomic E-state index is 13.5. The first-order valence-corrected chi connectivity index (χ1v) is 9.53. The van der Waals surface area contributed by atoms with Gasteiger partial charge in [0, 0.05) is 26.2 Å². The summed E-state index contributed by atoms with van der Waals surface area (Å²) in [7, 11) is 0. The maximum Gasteiger partial charge on any atom is 0.449 e. The average Bonchev–Trinajstić information content (AvgIpc) is 3.34. The van der Waals surface area contributed by atoms with Crippen LogP contribution >= 0.6 is 0 Å². The van der Waals surface area contributed by atoms with E-state index < -0.39 is 12.0 Å². The summed E-state index contributed by atoms with van der Waals surface area (Å²) in [5, 5.41) is 0. The van der Waals surface area contributed by atoms with Gasteiger partial charge in [0.15, 0.2) is 17.0 Å². The molecular formula is C19H18F3N7O. The Balaban J connectivity index is 1.48. The van der Waals surface area contributed by atoms with Crippen LogP contribution in [0.1, 0.15) is 5.82 Å². The summed E-state index contributed by atoms with van der Waals surface area (Å²) in [5.41, 5.74) is 1.98. The highest BCUT2D eigenvalue weighted by molar-refractivity contribution is 5.83. The molecule has 1 aliphatic heterocycles. The van der Waals surface area contributed by atoms with Crippen LogP contribution in [0, 0.1) is 0 Å². The van der Waals surface area contributed by atoms with E-state index in [1.807, 2.05) is 0 Å². The summed E-state index contributed by atoms with van der Waals surface area (Å²) >= 11 is 0. The fraction of sp³-hybridized carbons (Fsp3) is 0.368. The van der Waals surface area contributed by atoms with Crippen molar-refractivity contribution in [2.45, 2.75) is 19.3 Å². The summed E-state index contributed by atoms with van der Waals surface area (Å²) in [6.07, 6.45) is -1.49. The summed E-state index contributed by atoms with van der Waals surface area (Å²) in [4.78, 5) is 19.0. The molecule has 0 bridgehead atoms. The number of anilines is 1. The smallest absolute Gasteiger partial charge is 0.378 e. The number of aromatic nitrogens is 6. The molecule has 0 aliphatic carbocycles. The van der Waals surface area contributed by atoms with Gasteiger partial charge in [0.05, 0.1) is 30.6 Å². The van der Waals surface area contributed by atoms with E-state index >= 15 is 0 Å². The van der Waals surface area contributed by atoms with Gasteiger partial charge in [-0.05, 0) is 12.1 Å². The lowest BCUT2D eigenvalue weighted by Crippen LogP contribution is -2.37. The molecule has 0 spiro atoms. The second-order valence-corrected chi connectivity index (χ2v) is 6.98. The number of rotatable bonds is 4.